The lowest BCUT2D eigenvalue weighted by Gasteiger charge is -2.38. The second kappa shape index (κ2) is 13.9. The van der Waals surface area contributed by atoms with Gasteiger partial charge in [0.2, 0.25) is 0 Å². The SMILES string of the molecule is Cc1ccccc1N1c2nc(-c3c(C(C)C)cccc3C(C)C)cnc2N(c2ccccc2)C1C[C@@H]1c2ccccc2N2c3nccnc3N(c3ccccc3)C12. The minimum atomic E-state index is -0.177. The molecule has 0 saturated carbocycles. The predicted molar refractivity (Wildman–Crippen MR) is 232 cm³/mol. The Morgan fingerprint density at radius 1 is 0.526 bits per heavy atom. The molecular formula is C49H46N8. The number of benzene rings is 5. The molecule has 8 nitrogen and oxygen atoms in total. The maximum atomic E-state index is 5.70. The number of rotatable bonds is 8. The summed E-state index contributed by atoms with van der Waals surface area (Å²) in [6, 6.07) is 45.6. The Bertz CT molecular complexity index is 2550. The zero-order chi connectivity index (χ0) is 38.8. The normalized spacial score (nSPS) is 18.0. The smallest absolute Gasteiger partial charge is 0.179 e. The third kappa shape index (κ3) is 5.57. The van der Waals surface area contributed by atoms with Crippen molar-refractivity contribution in [3.05, 3.63) is 168 Å². The van der Waals surface area contributed by atoms with Crippen molar-refractivity contribution in [1.82, 2.24) is 19.9 Å². The van der Waals surface area contributed by atoms with Crippen molar-refractivity contribution < 1.29 is 0 Å². The van der Waals surface area contributed by atoms with Crippen LogP contribution < -0.4 is 19.6 Å². The number of fused-ring (bicyclic) bond motifs is 6. The molecular weight excluding hydrogens is 701 g/mol. The summed E-state index contributed by atoms with van der Waals surface area (Å²) in [7, 11) is 0. The lowest BCUT2D eigenvalue weighted by atomic mass is 9.87. The number of aromatic nitrogens is 4. The molecule has 0 bridgehead atoms. The topological polar surface area (TPSA) is 64.5 Å². The van der Waals surface area contributed by atoms with Gasteiger partial charge in [-0.2, -0.15) is 0 Å². The first-order valence-corrected chi connectivity index (χ1v) is 20.1. The van der Waals surface area contributed by atoms with Crippen LogP contribution in [0.25, 0.3) is 11.3 Å². The van der Waals surface area contributed by atoms with Gasteiger partial charge in [-0.1, -0.05) is 119 Å². The van der Waals surface area contributed by atoms with Crippen LogP contribution in [0, 0.1) is 6.92 Å². The molecule has 0 N–H and O–H groups in total. The number of nitrogens with zero attached hydrogens (tertiary/aromatic N) is 8. The average Bonchev–Trinajstić information content (AvgIpc) is 3.86. The van der Waals surface area contributed by atoms with Crippen LogP contribution in [0.4, 0.5) is 46.0 Å². The van der Waals surface area contributed by atoms with Gasteiger partial charge in [0.25, 0.3) is 0 Å². The number of aryl methyl sites for hydroxylation is 1. The molecule has 282 valence electrons. The number of anilines is 8. The van der Waals surface area contributed by atoms with Crippen molar-refractivity contribution in [1.29, 1.82) is 0 Å². The number of hydrogen-bond donors (Lipinski definition) is 0. The van der Waals surface area contributed by atoms with Gasteiger partial charge in [-0.15, -0.1) is 0 Å². The maximum absolute atomic E-state index is 5.70. The summed E-state index contributed by atoms with van der Waals surface area (Å²) in [6.07, 6.45) is 6.11. The van der Waals surface area contributed by atoms with Gasteiger partial charge in [0, 0.05) is 46.6 Å². The first-order chi connectivity index (χ1) is 27.9. The van der Waals surface area contributed by atoms with E-state index in [9.17, 15) is 0 Å². The minimum absolute atomic E-state index is 0.0446. The molecule has 3 atom stereocenters. The van der Waals surface area contributed by atoms with Crippen LogP contribution in [0.15, 0.2) is 146 Å². The van der Waals surface area contributed by atoms with Crippen molar-refractivity contribution in [3.63, 3.8) is 0 Å². The fourth-order valence-electron chi connectivity index (χ4n) is 9.44. The van der Waals surface area contributed by atoms with Crippen molar-refractivity contribution in [3.8, 4) is 11.3 Å². The van der Waals surface area contributed by atoms with Gasteiger partial charge in [0.05, 0.1) is 11.9 Å². The molecule has 57 heavy (non-hydrogen) atoms. The van der Waals surface area contributed by atoms with Crippen LogP contribution in [0.3, 0.4) is 0 Å². The van der Waals surface area contributed by atoms with E-state index in [-0.39, 0.29) is 18.2 Å². The second-order valence-corrected chi connectivity index (χ2v) is 16.0. The standard InChI is InChI=1S/C49H46N8/c1-31(2)36-23-16-24-37(32(3)4)44(36)40-30-52-47-48(53-40)56(41-25-14-12-17-33(41)5)43(54(47)34-18-8-6-9-19-34)29-39-38-22-13-15-26-42(38)57-46-45(50-27-28-51-46)55(49(39)57)35-20-10-7-11-21-35/h6-28,30-32,39,43,49H,29H2,1-5H3/t39-,43?,49?/m1/s1. The second-order valence-electron chi connectivity index (χ2n) is 16.0. The van der Waals surface area contributed by atoms with Crippen molar-refractivity contribution in [2.75, 3.05) is 19.6 Å². The van der Waals surface area contributed by atoms with Gasteiger partial charge in [-0.3, -0.25) is 0 Å². The minimum Gasteiger partial charge on any atom is -0.302 e. The Morgan fingerprint density at radius 3 is 1.74 bits per heavy atom. The molecule has 3 aliphatic rings. The summed E-state index contributed by atoms with van der Waals surface area (Å²) >= 11 is 0. The number of hydrogen-bond acceptors (Lipinski definition) is 8. The molecule has 2 unspecified atom stereocenters. The molecule has 7 aromatic rings. The van der Waals surface area contributed by atoms with Gasteiger partial charge >= 0.3 is 0 Å². The molecule has 0 saturated heterocycles. The van der Waals surface area contributed by atoms with Gasteiger partial charge in [0.1, 0.15) is 12.3 Å². The highest BCUT2D eigenvalue weighted by Gasteiger charge is 2.53. The molecule has 2 aromatic heterocycles. The zero-order valence-corrected chi connectivity index (χ0v) is 33.0. The van der Waals surface area contributed by atoms with E-state index in [1.54, 1.807) is 6.20 Å². The summed E-state index contributed by atoms with van der Waals surface area (Å²) < 4.78 is 0. The average molecular weight is 747 g/mol. The van der Waals surface area contributed by atoms with E-state index in [0.717, 1.165) is 52.4 Å². The highest BCUT2D eigenvalue weighted by atomic mass is 15.5. The quantitative estimate of drug-likeness (QED) is 0.152. The third-order valence-electron chi connectivity index (χ3n) is 11.9. The highest BCUT2D eigenvalue weighted by molar-refractivity contribution is 5.89. The fraction of sp³-hybridized carbons (Fsp3) is 0.224. The van der Waals surface area contributed by atoms with E-state index in [0.29, 0.717) is 11.8 Å². The maximum Gasteiger partial charge on any atom is 0.179 e. The summed E-state index contributed by atoms with van der Waals surface area (Å²) in [4.78, 5) is 30.7. The molecule has 5 heterocycles. The van der Waals surface area contributed by atoms with Gasteiger partial charge in [0.15, 0.2) is 23.3 Å². The van der Waals surface area contributed by atoms with Crippen molar-refractivity contribution in [2.24, 2.45) is 0 Å². The molecule has 0 radical (unpaired) electrons. The molecule has 8 heteroatoms. The Morgan fingerprint density at radius 2 is 1.09 bits per heavy atom. The summed E-state index contributed by atoms with van der Waals surface area (Å²) in [5.41, 5.74) is 11.6. The summed E-state index contributed by atoms with van der Waals surface area (Å²) in [5.74, 6) is 4.17. The fourth-order valence-corrected chi connectivity index (χ4v) is 9.44. The van der Waals surface area contributed by atoms with Gasteiger partial charge < -0.3 is 19.6 Å². The van der Waals surface area contributed by atoms with E-state index in [1.165, 1.54) is 33.5 Å². The lowest BCUT2D eigenvalue weighted by Crippen LogP contribution is -2.45. The van der Waals surface area contributed by atoms with Crippen LogP contribution in [-0.2, 0) is 0 Å². The van der Waals surface area contributed by atoms with E-state index >= 15 is 0 Å². The van der Waals surface area contributed by atoms with Crippen molar-refractivity contribution >= 4 is 46.0 Å². The van der Waals surface area contributed by atoms with Gasteiger partial charge in [-0.25, -0.2) is 19.9 Å². The Hall–Kier alpha value is -6.54. The molecule has 0 fully saturated rings. The van der Waals surface area contributed by atoms with Gasteiger partial charge in [-0.05, 0) is 83.8 Å². The first-order valence-electron chi connectivity index (χ1n) is 20.1. The van der Waals surface area contributed by atoms with E-state index in [4.69, 9.17) is 19.9 Å². The molecule has 0 aliphatic carbocycles. The molecule has 5 aromatic carbocycles. The van der Waals surface area contributed by atoms with E-state index in [2.05, 4.69) is 182 Å². The third-order valence-corrected chi connectivity index (χ3v) is 11.9. The lowest BCUT2D eigenvalue weighted by molar-refractivity contribution is 0.486. The largest absolute Gasteiger partial charge is 0.302 e. The first kappa shape index (κ1) is 34.9. The molecule has 3 aliphatic heterocycles. The molecule has 0 spiro atoms. The Balaban J connectivity index is 1.19. The molecule has 10 rings (SSSR count). The van der Waals surface area contributed by atoms with Crippen molar-refractivity contribution in [2.45, 2.75) is 71.1 Å². The van der Waals surface area contributed by atoms with Crippen LogP contribution >= 0.6 is 0 Å². The van der Waals surface area contributed by atoms with Crippen LogP contribution in [-0.4, -0.2) is 32.3 Å². The highest BCUT2D eigenvalue weighted by Crippen LogP contribution is 2.58. The summed E-state index contributed by atoms with van der Waals surface area (Å²) in [5, 5.41) is 0. The van der Waals surface area contributed by atoms with Crippen LogP contribution in [0.2, 0.25) is 0 Å². The van der Waals surface area contributed by atoms with E-state index < -0.39 is 0 Å². The Labute approximate surface area is 335 Å². The number of para-hydroxylation sites is 4. The molecule has 0 amide bonds. The Kier molecular flexibility index (Phi) is 8.51. The monoisotopic (exact) mass is 746 g/mol. The predicted octanol–water partition coefficient (Wildman–Crippen LogP) is 11.9. The summed E-state index contributed by atoms with van der Waals surface area (Å²) in [6.45, 7) is 11.3. The van der Waals surface area contributed by atoms with E-state index in [1.807, 2.05) is 12.4 Å². The van der Waals surface area contributed by atoms with Crippen LogP contribution in [0.5, 0.6) is 0 Å². The van der Waals surface area contributed by atoms with Crippen LogP contribution in [0.1, 0.15) is 74.1 Å². The zero-order valence-electron chi connectivity index (χ0n) is 33.0.